The molecule has 17 heavy (non-hydrogen) atoms. The molecule has 1 aliphatic rings. The molecule has 1 aliphatic heterocycles. The van der Waals surface area contributed by atoms with Crippen molar-refractivity contribution < 1.29 is 4.74 Å². The lowest BCUT2D eigenvalue weighted by atomic mass is 9.85. The SMILES string of the molecule is NCC(Cc1ccccc1)CC1CCOCC1. The van der Waals surface area contributed by atoms with Gasteiger partial charge in [-0.25, -0.2) is 0 Å². The largest absolute Gasteiger partial charge is 0.381 e. The topological polar surface area (TPSA) is 35.2 Å². The van der Waals surface area contributed by atoms with E-state index in [1.165, 1.54) is 24.8 Å². The summed E-state index contributed by atoms with van der Waals surface area (Å²) in [4.78, 5) is 0. The number of hydrogen-bond acceptors (Lipinski definition) is 2. The van der Waals surface area contributed by atoms with Crippen LogP contribution < -0.4 is 5.73 Å². The molecule has 1 heterocycles. The summed E-state index contributed by atoms with van der Waals surface area (Å²) in [7, 11) is 0. The molecule has 1 aromatic carbocycles. The Morgan fingerprint density at radius 1 is 1.18 bits per heavy atom. The van der Waals surface area contributed by atoms with E-state index in [-0.39, 0.29) is 0 Å². The van der Waals surface area contributed by atoms with E-state index in [0.29, 0.717) is 5.92 Å². The smallest absolute Gasteiger partial charge is 0.0468 e. The van der Waals surface area contributed by atoms with Crippen LogP contribution in [0.15, 0.2) is 30.3 Å². The van der Waals surface area contributed by atoms with Crippen molar-refractivity contribution in [2.45, 2.75) is 25.7 Å². The Balaban J connectivity index is 1.83. The van der Waals surface area contributed by atoms with E-state index in [0.717, 1.165) is 32.1 Å². The number of nitrogens with two attached hydrogens (primary N) is 1. The van der Waals surface area contributed by atoms with Crippen LogP contribution in [-0.2, 0) is 11.2 Å². The first-order chi connectivity index (χ1) is 8.38. The summed E-state index contributed by atoms with van der Waals surface area (Å²) < 4.78 is 5.40. The quantitative estimate of drug-likeness (QED) is 0.848. The molecular weight excluding hydrogens is 210 g/mol. The van der Waals surface area contributed by atoms with Gasteiger partial charge in [0.05, 0.1) is 0 Å². The molecular formula is C15H23NO. The lowest BCUT2D eigenvalue weighted by Gasteiger charge is -2.26. The summed E-state index contributed by atoms with van der Waals surface area (Å²) in [5.74, 6) is 1.45. The molecule has 1 atom stereocenters. The van der Waals surface area contributed by atoms with E-state index >= 15 is 0 Å². The Morgan fingerprint density at radius 3 is 2.53 bits per heavy atom. The van der Waals surface area contributed by atoms with Crippen molar-refractivity contribution in [3.8, 4) is 0 Å². The highest BCUT2D eigenvalue weighted by molar-refractivity contribution is 5.15. The van der Waals surface area contributed by atoms with E-state index in [1.54, 1.807) is 0 Å². The molecule has 1 unspecified atom stereocenters. The summed E-state index contributed by atoms with van der Waals surface area (Å²) in [6, 6.07) is 10.7. The summed E-state index contributed by atoms with van der Waals surface area (Å²) in [5, 5.41) is 0. The van der Waals surface area contributed by atoms with E-state index in [2.05, 4.69) is 30.3 Å². The zero-order valence-electron chi connectivity index (χ0n) is 10.5. The Hall–Kier alpha value is -0.860. The van der Waals surface area contributed by atoms with Gasteiger partial charge in [-0.05, 0) is 49.6 Å². The highest BCUT2D eigenvalue weighted by Crippen LogP contribution is 2.24. The fourth-order valence-corrected chi connectivity index (χ4v) is 2.66. The number of ether oxygens (including phenoxy) is 1. The maximum atomic E-state index is 5.91. The van der Waals surface area contributed by atoms with Crippen LogP contribution in [0, 0.1) is 11.8 Å². The molecule has 1 saturated heterocycles. The molecule has 0 radical (unpaired) electrons. The fraction of sp³-hybridized carbons (Fsp3) is 0.600. The molecule has 1 aromatic rings. The van der Waals surface area contributed by atoms with Crippen LogP contribution in [-0.4, -0.2) is 19.8 Å². The van der Waals surface area contributed by atoms with Gasteiger partial charge in [0.25, 0.3) is 0 Å². The van der Waals surface area contributed by atoms with Crippen molar-refractivity contribution >= 4 is 0 Å². The van der Waals surface area contributed by atoms with Crippen LogP contribution >= 0.6 is 0 Å². The Labute approximate surface area is 104 Å². The Bertz CT molecular complexity index is 306. The van der Waals surface area contributed by atoms with Gasteiger partial charge in [0.2, 0.25) is 0 Å². The van der Waals surface area contributed by atoms with E-state index in [9.17, 15) is 0 Å². The molecule has 1 fully saturated rings. The average Bonchev–Trinajstić information content (AvgIpc) is 2.40. The van der Waals surface area contributed by atoms with Crippen LogP contribution in [0.1, 0.15) is 24.8 Å². The Kier molecular flexibility index (Phi) is 5.02. The van der Waals surface area contributed by atoms with Gasteiger partial charge in [-0.15, -0.1) is 0 Å². The maximum absolute atomic E-state index is 5.91. The van der Waals surface area contributed by atoms with Gasteiger partial charge in [0, 0.05) is 13.2 Å². The average molecular weight is 233 g/mol. The molecule has 0 saturated carbocycles. The maximum Gasteiger partial charge on any atom is 0.0468 e. The lowest BCUT2D eigenvalue weighted by Crippen LogP contribution is -2.24. The normalized spacial score (nSPS) is 19.1. The van der Waals surface area contributed by atoms with Gasteiger partial charge in [-0.1, -0.05) is 30.3 Å². The zero-order chi connectivity index (χ0) is 11.9. The van der Waals surface area contributed by atoms with Crippen LogP contribution in [0.3, 0.4) is 0 Å². The van der Waals surface area contributed by atoms with Crippen LogP contribution in [0.25, 0.3) is 0 Å². The third-order valence-corrected chi connectivity index (χ3v) is 3.71. The molecule has 0 amide bonds. The van der Waals surface area contributed by atoms with Crippen molar-refractivity contribution in [1.29, 1.82) is 0 Å². The van der Waals surface area contributed by atoms with Crippen LogP contribution in [0.2, 0.25) is 0 Å². The summed E-state index contributed by atoms with van der Waals surface area (Å²) in [6.07, 6.45) is 4.81. The highest BCUT2D eigenvalue weighted by Gasteiger charge is 2.18. The molecule has 0 aliphatic carbocycles. The minimum absolute atomic E-state index is 0.625. The minimum Gasteiger partial charge on any atom is -0.381 e. The van der Waals surface area contributed by atoms with Crippen molar-refractivity contribution in [2.24, 2.45) is 17.6 Å². The van der Waals surface area contributed by atoms with E-state index in [4.69, 9.17) is 10.5 Å². The van der Waals surface area contributed by atoms with Crippen LogP contribution in [0.5, 0.6) is 0 Å². The third-order valence-electron chi connectivity index (χ3n) is 3.71. The van der Waals surface area contributed by atoms with Gasteiger partial charge in [0.1, 0.15) is 0 Å². The van der Waals surface area contributed by atoms with Crippen LogP contribution in [0.4, 0.5) is 0 Å². The van der Waals surface area contributed by atoms with Crippen molar-refractivity contribution in [2.75, 3.05) is 19.8 Å². The monoisotopic (exact) mass is 233 g/mol. The molecule has 2 heteroatoms. The third kappa shape index (κ3) is 4.14. The lowest BCUT2D eigenvalue weighted by molar-refractivity contribution is 0.0589. The second-order valence-corrected chi connectivity index (χ2v) is 5.08. The standard InChI is InChI=1S/C15H23NO/c16-12-15(10-13-4-2-1-3-5-13)11-14-6-8-17-9-7-14/h1-5,14-15H,6-12,16H2. The van der Waals surface area contributed by atoms with Gasteiger partial charge in [-0.2, -0.15) is 0 Å². The van der Waals surface area contributed by atoms with Crippen molar-refractivity contribution in [1.82, 2.24) is 0 Å². The minimum atomic E-state index is 0.625. The molecule has 2 N–H and O–H groups in total. The first-order valence-corrected chi connectivity index (χ1v) is 6.70. The predicted molar refractivity (Wildman–Crippen MR) is 70.9 cm³/mol. The number of benzene rings is 1. The molecule has 94 valence electrons. The Morgan fingerprint density at radius 2 is 1.88 bits per heavy atom. The molecule has 0 spiro atoms. The highest BCUT2D eigenvalue weighted by atomic mass is 16.5. The van der Waals surface area contributed by atoms with Crippen molar-refractivity contribution in [3.63, 3.8) is 0 Å². The molecule has 0 aromatic heterocycles. The van der Waals surface area contributed by atoms with Gasteiger partial charge < -0.3 is 10.5 Å². The number of rotatable bonds is 5. The molecule has 2 nitrogen and oxygen atoms in total. The van der Waals surface area contributed by atoms with Gasteiger partial charge in [-0.3, -0.25) is 0 Å². The first kappa shape index (κ1) is 12.6. The molecule has 0 bridgehead atoms. The zero-order valence-corrected chi connectivity index (χ0v) is 10.5. The first-order valence-electron chi connectivity index (χ1n) is 6.70. The van der Waals surface area contributed by atoms with Gasteiger partial charge >= 0.3 is 0 Å². The predicted octanol–water partition coefficient (Wildman–Crippen LogP) is 2.62. The summed E-state index contributed by atoms with van der Waals surface area (Å²) in [5.41, 5.74) is 7.32. The van der Waals surface area contributed by atoms with Crippen molar-refractivity contribution in [3.05, 3.63) is 35.9 Å². The fourth-order valence-electron chi connectivity index (χ4n) is 2.66. The van der Waals surface area contributed by atoms with E-state index in [1.807, 2.05) is 0 Å². The summed E-state index contributed by atoms with van der Waals surface area (Å²) >= 11 is 0. The summed E-state index contributed by atoms with van der Waals surface area (Å²) in [6.45, 7) is 2.67. The van der Waals surface area contributed by atoms with E-state index < -0.39 is 0 Å². The second-order valence-electron chi connectivity index (χ2n) is 5.08. The molecule has 2 rings (SSSR count). The number of hydrogen-bond donors (Lipinski definition) is 1. The second kappa shape index (κ2) is 6.77. The van der Waals surface area contributed by atoms with Gasteiger partial charge in [0.15, 0.2) is 0 Å².